The Kier molecular flexibility index (Phi) is 7.08. The second-order valence-corrected chi connectivity index (χ2v) is 8.99. The van der Waals surface area contributed by atoms with Crippen LogP contribution in [-0.4, -0.2) is 44.3 Å². The van der Waals surface area contributed by atoms with Crippen molar-refractivity contribution in [3.05, 3.63) is 53.6 Å². The van der Waals surface area contributed by atoms with Crippen LogP contribution in [0.25, 0.3) is 10.9 Å². The molecule has 3 aromatic rings. The summed E-state index contributed by atoms with van der Waals surface area (Å²) in [5.41, 5.74) is 2.76. The number of hydrogen-bond donors (Lipinski definition) is 3. The summed E-state index contributed by atoms with van der Waals surface area (Å²) in [4.78, 5) is 19.3. The van der Waals surface area contributed by atoms with E-state index < -0.39 is 0 Å². The van der Waals surface area contributed by atoms with Crippen LogP contribution in [0.5, 0.6) is 5.75 Å². The van der Waals surface area contributed by atoms with E-state index in [9.17, 15) is 4.79 Å². The van der Waals surface area contributed by atoms with Crippen LogP contribution in [-0.2, 0) is 0 Å². The highest BCUT2D eigenvalue weighted by atomic mass is 35.5. The molecule has 0 spiro atoms. The van der Waals surface area contributed by atoms with Crippen molar-refractivity contribution < 1.29 is 9.53 Å². The lowest BCUT2D eigenvalue weighted by atomic mass is 9.91. The van der Waals surface area contributed by atoms with Crippen LogP contribution < -0.4 is 25.6 Å². The van der Waals surface area contributed by atoms with Gasteiger partial charge in [0.2, 0.25) is 0 Å². The molecule has 8 heteroatoms. The average Bonchev–Trinajstić information content (AvgIpc) is 2.80. The van der Waals surface area contributed by atoms with E-state index in [1.165, 1.54) is 0 Å². The average molecular weight is 468 g/mol. The number of nitrogens with one attached hydrogen (secondary N) is 3. The maximum Gasteiger partial charge on any atom is 0.319 e. The Bertz CT molecular complexity index is 1130. The third kappa shape index (κ3) is 5.60. The van der Waals surface area contributed by atoms with Gasteiger partial charge < -0.3 is 25.6 Å². The summed E-state index contributed by atoms with van der Waals surface area (Å²) in [5.74, 6) is 1.47. The molecule has 4 rings (SSSR count). The lowest BCUT2D eigenvalue weighted by Crippen LogP contribution is -2.42. The first-order chi connectivity index (χ1) is 15.9. The molecule has 2 aromatic carbocycles. The SMILES string of the molecule is COc1ccc(NC(=O)NC2CCC(Nc3cc(N(C)C)c4ccccc4n3)CC2)cc1Cl. The van der Waals surface area contributed by atoms with E-state index in [1.807, 2.05) is 32.3 Å². The molecule has 0 saturated heterocycles. The minimum Gasteiger partial charge on any atom is -0.495 e. The molecule has 1 heterocycles. The number of anilines is 3. The fraction of sp³-hybridized carbons (Fsp3) is 0.360. The normalized spacial score (nSPS) is 17.9. The highest BCUT2D eigenvalue weighted by molar-refractivity contribution is 6.32. The molecule has 7 nitrogen and oxygen atoms in total. The molecule has 0 bridgehead atoms. The minimum absolute atomic E-state index is 0.138. The molecular formula is C25H30ClN5O2. The van der Waals surface area contributed by atoms with Crippen molar-refractivity contribution in [2.24, 2.45) is 0 Å². The molecule has 1 fully saturated rings. The van der Waals surface area contributed by atoms with E-state index in [2.05, 4.69) is 33.0 Å². The van der Waals surface area contributed by atoms with Crippen molar-refractivity contribution in [2.45, 2.75) is 37.8 Å². The van der Waals surface area contributed by atoms with Gasteiger partial charge >= 0.3 is 6.03 Å². The number of amides is 2. The Morgan fingerprint density at radius 3 is 2.48 bits per heavy atom. The predicted molar refractivity (Wildman–Crippen MR) is 136 cm³/mol. The number of ether oxygens (including phenoxy) is 1. The number of pyridine rings is 1. The molecule has 3 N–H and O–H groups in total. The number of para-hydroxylation sites is 1. The highest BCUT2D eigenvalue weighted by Gasteiger charge is 2.23. The van der Waals surface area contributed by atoms with Gasteiger partial charge in [0.05, 0.1) is 17.6 Å². The predicted octanol–water partition coefficient (Wildman–Crippen LogP) is 5.51. The zero-order valence-corrected chi connectivity index (χ0v) is 19.9. The molecule has 1 aromatic heterocycles. The first-order valence-electron chi connectivity index (χ1n) is 11.2. The Labute approximate surface area is 199 Å². The summed E-state index contributed by atoms with van der Waals surface area (Å²) >= 11 is 6.14. The van der Waals surface area contributed by atoms with E-state index in [-0.39, 0.29) is 12.1 Å². The molecule has 0 atom stereocenters. The number of aromatic nitrogens is 1. The number of urea groups is 1. The number of methoxy groups -OCH3 is 1. The third-order valence-corrected chi connectivity index (χ3v) is 6.30. The van der Waals surface area contributed by atoms with Gasteiger partial charge in [-0.1, -0.05) is 29.8 Å². The first-order valence-corrected chi connectivity index (χ1v) is 11.6. The van der Waals surface area contributed by atoms with Crippen molar-refractivity contribution in [1.29, 1.82) is 0 Å². The number of nitrogens with zero attached hydrogens (tertiary/aromatic N) is 2. The summed E-state index contributed by atoms with van der Waals surface area (Å²) in [6.07, 6.45) is 3.74. The van der Waals surface area contributed by atoms with Gasteiger partial charge in [0.1, 0.15) is 11.6 Å². The largest absolute Gasteiger partial charge is 0.495 e. The van der Waals surface area contributed by atoms with Gasteiger partial charge in [0, 0.05) is 49.0 Å². The molecule has 0 radical (unpaired) electrons. The fourth-order valence-electron chi connectivity index (χ4n) is 4.29. The smallest absolute Gasteiger partial charge is 0.319 e. The molecule has 1 aliphatic rings. The number of hydrogen-bond acceptors (Lipinski definition) is 5. The molecule has 1 saturated carbocycles. The van der Waals surface area contributed by atoms with E-state index in [0.717, 1.165) is 48.1 Å². The second-order valence-electron chi connectivity index (χ2n) is 8.58. The summed E-state index contributed by atoms with van der Waals surface area (Å²) in [5, 5.41) is 11.1. The molecule has 174 valence electrons. The quantitative estimate of drug-likeness (QED) is 0.445. The maximum absolute atomic E-state index is 12.4. The van der Waals surface area contributed by atoms with Crippen LogP contribution in [0.2, 0.25) is 5.02 Å². The van der Waals surface area contributed by atoms with E-state index in [4.69, 9.17) is 21.3 Å². The van der Waals surface area contributed by atoms with Gasteiger partial charge in [-0.05, 0) is 49.9 Å². The van der Waals surface area contributed by atoms with Gasteiger partial charge in [-0.2, -0.15) is 0 Å². The summed E-state index contributed by atoms with van der Waals surface area (Å²) in [6, 6.07) is 15.7. The number of halogens is 1. The summed E-state index contributed by atoms with van der Waals surface area (Å²) in [7, 11) is 5.66. The molecule has 0 unspecified atom stereocenters. The van der Waals surface area contributed by atoms with Gasteiger partial charge in [-0.3, -0.25) is 0 Å². The first kappa shape index (κ1) is 23.0. The van der Waals surface area contributed by atoms with Crippen LogP contribution in [0.3, 0.4) is 0 Å². The number of carbonyl (C=O) groups is 1. The van der Waals surface area contributed by atoms with Gasteiger partial charge in [-0.15, -0.1) is 0 Å². The molecular weight excluding hydrogens is 438 g/mol. The van der Waals surface area contributed by atoms with Crippen molar-refractivity contribution in [1.82, 2.24) is 10.3 Å². The Morgan fingerprint density at radius 2 is 1.79 bits per heavy atom. The van der Waals surface area contributed by atoms with Crippen molar-refractivity contribution in [2.75, 3.05) is 36.7 Å². The van der Waals surface area contributed by atoms with E-state index in [0.29, 0.717) is 22.5 Å². The summed E-state index contributed by atoms with van der Waals surface area (Å²) in [6.45, 7) is 0. The lowest BCUT2D eigenvalue weighted by Gasteiger charge is -2.30. The molecule has 2 amide bonds. The van der Waals surface area contributed by atoms with E-state index >= 15 is 0 Å². The Hall–Kier alpha value is -3.19. The molecule has 0 aliphatic heterocycles. The number of rotatable bonds is 6. The van der Waals surface area contributed by atoms with Crippen LogP contribution in [0, 0.1) is 0 Å². The number of fused-ring (bicyclic) bond motifs is 1. The topological polar surface area (TPSA) is 78.5 Å². The van der Waals surface area contributed by atoms with Crippen molar-refractivity contribution >= 4 is 45.7 Å². The second kappa shape index (κ2) is 10.2. The van der Waals surface area contributed by atoms with Gasteiger partial charge in [-0.25, -0.2) is 9.78 Å². The fourth-order valence-corrected chi connectivity index (χ4v) is 4.55. The van der Waals surface area contributed by atoms with Crippen LogP contribution >= 0.6 is 11.6 Å². The standard InChI is InChI=1S/C25H30ClN5O2/c1-31(2)22-15-24(30-21-7-5-4-6-19(21)22)27-16-8-10-17(11-9-16)28-25(32)29-18-12-13-23(33-3)20(26)14-18/h4-7,12-17H,8-11H2,1-3H3,(H,27,30)(H2,28,29,32). The molecule has 1 aliphatic carbocycles. The van der Waals surface area contributed by atoms with Crippen molar-refractivity contribution in [3.8, 4) is 5.75 Å². The zero-order valence-electron chi connectivity index (χ0n) is 19.2. The monoisotopic (exact) mass is 467 g/mol. The zero-order chi connectivity index (χ0) is 23.4. The Morgan fingerprint density at radius 1 is 1.06 bits per heavy atom. The third-order valence-electron chi connectivity index (χ3n) is 6.00. The number of benzene rings is 2. The minimum atomic E-state index is -0.223. The maximum atomic E-state index is 12.4. The number of carbonyl (C=O) groups excluding carboxylic acids is 1. The van der Waals surface area contributed by atoms with Gasteiger partial charge in [0.15, 0.2) is 0 Å². The van der Waals surface area contributed by atoms with E-state index in [1.54, 1.807) is 25.3 Å². The highest BCUT2D eigenvalue weighted by Crippen LogP contribution is 2.30. The Balaban J connectivity index is 1.31. The van der Waals surface area contributed by atoms with Crippen LogP contribution in [0.1, 0.15) is 25.7 Å². The van der Waals surface area contributed by atoms with Crippen LogP contribution in [0.15, 0.2) is 48.5 Å². The molecule has 33 heavy (non-hydrogen) atoms. The lowest BCUT2D eigenvalue weighted by molar-refractivity contribution is 0.243. The van der Waals surface area contributed by atoms with Gasteiger partial charge in [0.25, 0.3) is 0 Å². The van der Waals surface area contributed by atoms with Crippen LogP contribution in [0.4, 0.5) is 22.0 Å². The van der Waals surface area contributed by atoms with Crippen molar-refractivity contribution in [3.63, 3.8) is 0 Å². The summed E-state index contributed by atoms with van der Waals surface area (Å²) < 4.78 is 5.15.